The molecule has 40 heavy (non-hydrogen) atoms. The van der Waals surface area contributed by atoms with Gasteiger partial charge < -0.3 is 30.7 Å². The Morgan fingerprint density at radius 2 is 1.30 bits per heavy atom. The molecule has 2 atom stereocenters. The van der Waals surface area contributed by atoms with Gasteiger partial charge in [-0.25, -0.2) is 9.59 Å². The third kappa shape index (κ3) is 8.50. The lowest BCUT2D eigenvalue weighted by atomic mass is 9.99. The molecule has 8 nitrogen and oxygen atoms in total. The molecule has 0 spiro atoms. The molecule has 0 fully saturated rings. The second-order valence-corrected chi connectivity index (χ2v) is 10.4. The van der Waals surface area contributed by atoms with Gasteiger partial charge >= 0.3 is 11.9 Å². The van der Waals surface area contributed by atoms with E-state index in [0.717, 1.165) is 58.6 Å². The summed E-state index contributed by atoms with van der Waals surface area (Å²) in [7, 11) is 0. The van der Waals surface area contributed by atoms with E-state index >= 15 is 0 Å². The average molecular weight is 583 g/mol. The quantitative estimate of drug-likeness (QED) is 0.0877. The molecule has 0 aliphatic heterocycles. The second-order valence-electron chi connectivity index (χ2n) is 9.56. The van der Waals surface area contributed by atoms with Crippen molar-refractivity contribution in [3.63, 3.8) is 0 Å². The first kappa shape index (κ1) is 31.0. The molecule has 3 rings (SSSR count). The molecule has 10 heteroatoms. The summed E-state index contributed by atoms with van der Waals surface area (Å²) in [5.41, 5.74) is 1.56. The summed E-state index contributed by atoms with van der Waals surface area (Å²) in [6.45, 7) is 8.30. The fraction of sp³-hybridized carbons (Fsp3) is 0.400. The topological polar surface area (TPSA) is 101 Å². The van der Waals surface area contributed by atoms with Crippen molar-refractivity contribution in [2.75, 3.05) is 23.8 Å². The first-order valence-corrected chi connectivity index (χ1v) is 14.5. The number of hydrogen-bond donors (Lipinski definition) is 4. The Hall–Kier alpha value is -3.50. The molecular formula is C30H38N4O4S2. The normalized spacial score (nSPS) is 12.3. The van der Waals surface area contributed by atoms with Crippen molar-refractivity contribution in [2.24, 2.45) is 0 Å². The SMILES string of the molecule is CCCCOC(=O)C(C)NC(=S)Nc1cccc2c(NC(=S)NC(C)C(=O)OCCCC)c3ccccc3cc12. The van der Waals surface area contributed by atoms with Crippen LogP contribution in [-0.2, 0) is 19.1 Å². The number of benzene rings is 3. The molecule has 0 amide bonds. The molecule has 3 aromatic carbocycles. The minimum absolute atomic E-state index is 0.308. The molecule has 2 unspecified atom stereocenters. The number of nitrogens with one attached hydrogen (secondary N) is 4. The molecule has 0 saturated heterocycles. The Morgan fingerprint density at radius 1 is 0.750 bits per heavy atom. The summed E-state index contributed by atoms with van der Waals surface area (Å²) in [5, 5.41) is 17.0. The molecule has 0 heterocycles. The van der Waals surface area contributed by atoms with Crippen molar-refractivity contribution in [1.82, 2.24) is 10.6 Å². The number of carbonyl (C=O) groups is 2. The largest absolute Gasteiger partial charge is 0.464 e. The van der Waals surface area contributed by atoms with Crippen LogP contribution in [0.4, 0.5) is 11.4 Å². The van der Waals surface area contributed by atoms with E-state index in [9.17, 15) is 9.59 Å². The van der Waals surface area contributed by atoms with Crippen LogP contribution in [-0.4, -0.2) is 47.5 Å². The zero-order valence-electron chi connectivity index (χ0n) is 23.5. The van der Waals surface area contributed by atoms with Crippen LogP contribution in [0.5, 0.6) is 0 Å². The fourth-order valence-electron chi connectivity index (χ4n) is 4.04. The molecular weight excluding hydrogens is 544 g/mol. The first-order chi connectivity index (χ1) is 19.2. The lowest BCUT2D eigenvalue weighted by molar-refractivity contribution is -0.146. The maximum Gasteiger partial charge on any atom is 0.328 e. The Labute approximate surface area is 246 Å². The fourth-order valence-corrected chi connectivity index (χ4v) is 4.60. The van der Waals surface area contributed by atoms with Crippen molar-refractivity contribution in [1.29, 1.82) is 0 Å². The lowest BCUT2D eigenvalue weighted by Crippen LogP contribution is -2.42. The van der Waals surface area contributed by atoms with Crippen LogP contribution in [0.15, 0.2) is 48.5 Å². The number of thiocarbonyl (C=S) groups is 2. The molecule has 0 aliphatic carbocycles. The monoisotopic (exact) mass is 582 g/mol. The highest BCUT2D eigenvalue weighted by atomic mass is 32.1. The van der Waals surface area contributed by atoms with Crippen molar-refractivity contribution >= 4 is 79.5 Å². The van der Waals surface area contributed by atoms with Crippen LogP contribution in [0.3, 0.4) is 0 Å². The van der Waals surface area contributed by atoms with Gasteiger partial charge in [-0.1, -0.05) is 63.1 Å². The Kier molecular flexibility index (Phi) is 11.9. The van der Waals surface area contributed by atoms with Gasteiger partial charge in [0.2, 0.25) is 0 Å². The van der Waals surface area contributed by atoms with Gasteiger partial charge in [-0.3, -0.25) is 0 Å². The number of carbonyl (C=O) groups excluding carboxylic acids is 2. The van der Waals surface area contributed by atoms with Crippen molar-refractivity contribution in [3.8, 4) is 0 Å². The molecule has 0 radical (unpaired) electrons. The van der Waals surface area contributed by atoms with Crippen molar-refractivity contribution in [2.45, 2.75) is 65.5 Å². The number of ether oxygens (including phenoxy) is 2. The predicted octanol–water partition coefficient (Wildman–Crippen LogP) is 6.03. The Bertz CT molecular complexity index is 1360. The van der Waals surface area contributed by atoms with Crippen LogP contribution >= 0.6 is 24.4 Å². The van der Waals surface area contributed by atoms with E-state index < -0.39 is 12.1 Å². The summed E-state index contributed by atoms with van der Waals surface area (Å²) in [6.07, 6.45) is 3.54. The van der Waals surface area contributed by atoms with E-state index in [4.69, 9.17) is 33.9 Å². The molecule has 3 aromatic rings. The third-order valence-corrected chi connectivity index (χ3v) is 6.72. The molecule has 4 N–H and O–H groups in total. The standard InChI is InChI=1S/C30H38N4O4S2/c1-5-7-16-37-27(35)19(3)31-29(39)33-25-15-11-14-23-24(25)18-21-12-9-10-13-22(21)26(23)34-30(40)32-20(4)28(36)38-17-8-6-2/h9-15,18-20H,5-8,16-17H2,1-4H3,(H2,31,33,39)(H2,32,34,40). The van der Waals surface area contributed by atoms with Crippen LogP contribution < -0.4 is 21.3 Å². The third-order valence-electron chi connectivity index (χ3n) is 6.28. The highest BCUT2D eigenvalue weighted by Gasteiger charge is 2.18. The Balaban J connectivity index is 1.82. The number of unbranched alkanes of at least 4 members (excludes halogenated alkanes) is 2. The van der Waals surface area contributed by atoms with E-state index in [1.165, 1.54) is 0 Å². The van der Waals surface area contributed by atoms with E-state index in [1.54, 1.807) is 13.8 Å². The van der Waals surface area contributed by atoms with Crippen molar-refractivity contribution in [3.05, 3.63) is 48.5 Å². The maximum absolute atomic E-state index is 12.3. The smallest absolute Gasteiger partial charge is 0.328 e. The molecule has 0 aromatic heterocycles. The van der Waals surface area contributed by atoms with Gasteiger partial charge in [0.25, 0.3) is 0 Å². The van der Waals surface area contributed by atoms with Gasteiger partial charge in [-0.2, -0.15) is 0 Å². The summed E-state index contributed by atoms with van der Waals surface area (Å²) >= 11 is 11.1. The summed E-state index contributed by atoms with van der Waals surface area (Å²) < 4.78 is 10.6. The minimum atomic E-state index is -0.602. The van der Waals surface area contributed by atoms with Gasteiger partial charge in [0.05, 0.1) is 18.9 Å². The van der Waals surface area contributed by atoms with Crippen LogP contribution in [0, 0.1) is 0 Å². The summed E-state index contributed by atoms with van der Waals surface area (Å²) in [5.74, 6) is -0.700. The van der Waals surface area contributed by atoms with Crippen LogP contribution in [0.25, 0.3) is 21.5 Å². The summed E-state index contributed by atoms with van der Waals surface area (Å²) in [4.78, 5) is 24.6. The number of esters is 2. The first-order valence-electron chi connectivity index (χ1n) is 13.7. The van der Waals surface area contributed by atoms with Gasteiger partial charge in [-0.05, 0) is 68.6 Å². The van der Waals surface area contributed by atoms with E-state index in [1.807, 2.05) is 56.3 Å². The van der Waals surface area contributed by atoms with E-state index in [2.05, 4.69) is 27.3 Å². The van der Waals surface area contributed by atoms with Crippen LogP contribution in [0.2, 0.25) is 0 Å². The highest BCUT2D eigenvalue weighted by molar-refractivity contribution is 7.80. The zero-order valence-corrected chi connectivity index (χ0v) is 25.1. The molecule has 0 aliphatic rings. The molecule has 0 bridgehead atoms. The van der Waals surface area contributed by atoms with E-state index in [0.29, 0.717) is 23.4 Å². The maximum atomic E-state index is 12.3. The highest BCUT2D eigenvalue weighted by Crippen LogP contribution is 2.36. The number of fused-ring (bicyclic) bond motifs is 2. The van der Waals surface area contributed by atoms with Gasteiger partial charge in [0.1, 0.15) is 12.1 Å². The number of rotatable bonds is 12. The van der Waals surface area contributed by atoms with Crippen molar-refractivity contribution < 1.29 is 19.1 Å². The molecule has 214 valence electrons. The van der Waals surface area contributed by atoms with E-state index in [-0.39, 0.29) is 11.9 Å². The number of anilines is 2. The molecule has 0 saturated carbocycles. The average Bonchev–Trinajstić information content (AvgIpc) is 2.93. The van der Waals surface area contributed by atoms with Gasteiger partial charge in [0, 0.05) is 21.8 Å². The summed E-state index contributed by atoms with van der Waals surface area (Å²) in [6, 6.07) is 14.7. The number of hydrogen-bond acceptors (Lipinski definition) is 6. The van der Waals surface area contributed by atoms with Gasteiger partial charge in [-0.15, -0.1) is 0 Å². The minimum Gasteiger partial charge on any atom is -0.464 e. The van der Waals surface area contributed by atoms with Gasteiger partial charge in [0.15, 0.2) is 10.2 Å². The predicted molar refractivity (Wildman–Crippen MR) is 171 cm³/mol. The van der Waals surface area contributed by atoms with Crippen LogP contribution in [0.1, 0.15) is 53.4 Å². The lowest BCUT2D eigenvalue weighted by Gasteiger charge is -2.20. The second kappa shape index (κ2) is 15.3. The zero-order chi connectivity index (χ0) is 29.1. The Morgan fingerprint density at radius 3 is 1.90 bits per heavy atom.